The minimum absolute atomic E-state index is 0.0319. The maximum Gasteiger partial charge on any atom is 0.247 e. The highest BCUT2D eigenvalue weighted by Gasteiger charge is 2.35. The standard InChI is InChI=1S/C11H20NO2Si/c1-3-8-12(10(13)4-2)11(15)7-5-6-9-14-11/h4H,1-3,5-9H2,15H3. The molecular formula is C11H20NO2Si. The highest BCUT2D eigenvalue weighted by Crippen LogP contribution is 2.26. The van der Waals surface area contributed by atoms with Crippen LogP contribution in [0.15, 0.2) is 12.7 Å². The fourth-order valence-corrected chi connectivity index (χ4v) is 2.98. The zero-order chi connectivity index (χ0) is 11.3. The molecule has 0 spiro atoms. The van der Waals surface area contributed by atoms with Crippen molar-refractivity contribution in [2.24, 2.45) is 0 Å². The molecule has 1 unspecified atom stereocenters. The van der Waals surface area contributed by atoms with Crippen molar-refractivity contribution in [2.45, 2.75) is 31.0 Å². The number of nitrogens with zero attached hydrogens (tertiary/aromatic N) is 1. The first-order valence-electron chi connectivity index (χ1n) is 5.51. The maximum absolute atomic E-state index is 11.7. The van der Waals surface area contributed by atoms with Crippen molar-refractivity contribution in [3.05, 3.63) is 19.6 Å². The van der Waals surface area contributed by atoms with Gasteiger partial charge in [-0.05, 0) is 31.8 Å². The van der Waals surface area contributed by atoms with Crippen LogP contribution in [0.4, 0.5) is 0 Å². The van der Waals surface area contributed by atoms with E-state index in [0.29, 0.717) is 13.0 Å². The molecule has 1 saturated heterocycles. The molecule has 15 heavy (non-hydrogen) atoms. The predicted octanol–water partition coefficient (Wildman–Crippen LogP) is 0.445. The first kappa shape index (κ1) is 12.5. The van der Waals surface area contributed by atoms with Gasteiger partial charge in [-0.1, -0.05) is 13.5 Å². The Morgan fingerprint density at radius 1 is 1.60 bits per heavy atom. The SMILES string of the molecule is [CH2]CCN(C(=O)C=C)C1([SiH3])CCCCO1. The van der Waals surface area contributed by atoms with E-state index in [1.807, 2.05) is 0 Å². The Labute approximate surface area is 94.9 Å². The lowest BCUT2D eigenvalue weighted by Gasteiger charge is -2.43. The Morgan fingerprint density at radius 3 is 2.80 bits per heavy atom. The summed E-state index contributed by atoms with van der Waals surface area (Å²) in [6, 6.07) is 0. The third-order valence-electron chi connectivity index (χ3n) is 2.84. The summed E-state index contributed by atoms with van der Waals surface area (Å²) in [4.78, 5) is 13.5. The van der Waals surface area contributed by atoms with Gasteiger partial charge < -0.3 is 9.64 Å². The van der Waals surface area contributed by atoms with Gasteiger partial charge in [0.1, 0.15) is 5.35 Å². The van der Waals surface area contributed by atoms with E-state index in [4.69, 9.17) is 4.74 Å². The van der Waals surface area contributed by atoms with Crippen LogP contribution in [0.2, 0.25) is 0 Å². The number of carbonyl (C=O) groups is 1. The predicted molar refractivity (Wildman–Crippen MR) is 64.4 cm³/mol. The van der Waals surface area contributed by atoms with Gasteiger partial charge in [-0.15, -0.1) is 0 Å². The fourth-order valence-electron chi connectivity index (χ4n) is 1.98. The van der Waals surface area contributed by atoms with E-state index < -0.39 is 0 Å². The van der Waals surface area contributed by atoms with Gasteiger partial charge in [0.15, 0.2) is 0 Å². The number of rotatable bonds is 4. The van der Waals surface area contributed by atoms with Crippen LogP contribution in [0.5, 0.6) is 0 Å². The number of hydrogen-bond donors (Lipinski definition) is 0. The van der Waals surface area contributed by atoms with Crippen LogP contribution in [0.1, 0.15) is 25.7 Å². The summed E-state index contributed by atoms with van der Waals surface area (Å²) in [5.41, 5.74) is 0. The summed E-state index contributed by atoms with van der Waals surface area (Å²) < 4.78 is 5.79. The first-order valence-corrected chi connectivity index (χ1v) is 6.51. The molecule has 1 radical (unpaired) electrons. The molecule has 0 aromatic carbocycles. The molecule has 85 valence electrons. The lowest BCUT2D eigenvalue weighted by Crippen LogP contribution is -2.55. The van der Waals surface area contributed by atoms with Crippen LogP contribution >= 0.6 is 0 Å². The van der Waals surface area contributed by atoms with Gasteiger partial charge in [-0.25, -0.2) is 0 Å². The van der Waals surface area contributed by atoms with E-state index in [0.717, 1.165) is 36.1 Å². The van der Waals surface area contributed by atoms with Crippen LogP contribution in [0, 0.1) is 6.92 Å². The van der Waals surface area contributed by atoms with Crippen molar-refractivity contribution in [2.75, 3.05) is 13.2 Å². The van der Waals surface area contributed by atoms with Crippen molar-refractivity contribution in [1.29, 1.82) is 0 Å². The number of hydrogen-bond acceptors (Lipinski definition) is 2. The molecular weight excluding hydrogens is 206 g/mol. The zero-order valence-electron chi connectivity index (χ0n) is 9.50. The second-order valence-corrected chi connectivity index (χ2v) is 5.59. The Bertz CT molecular complexity index is 237. The molecule has 1 fully saturated rings. The van der Waals surface area contributed by atoms with Gasteiger partial charge in [0.05, 0.1) is 10.2 Å². The molecule has 0 aromatic rings. The minimum atomic E-state index is -0.318. The number of amides is 1. The van der Waals surface area contributed by atoms with Crippen molar-refractivity contribution < 1.29 is 9.53 Å². The summed E-state index contributed by atoms with van der Waals surface area (Å²) in [7, 11) is 0.837. The van der Waals surface area contributed by atoms with Crippen LogP contribution in [-0.4, -0.2) is 39.5 Å². The van der Waals surface area contributed by atoms with Crippen LogP contribution in [0.3, 0.4) is 0 Å². The lowest BCUT2D eigenvalue weighted by molar-refractivity contribution is -0.156. The van der Waals surface area contributed by atoms with Gasteiger partial charge in [0.25, 0.3) is 0 Å². The lowest BCUT2D eigenvalue weighted by atomic mass is 10.1. The summed E-state index contributed by atoms with van der Waals surface area (Å²) in [6.07, 6.45) is 5.28. The molecule has 1 amide bonds. The molecule has 1 rings (SSSR count). The average Bonchev–Trinajstić information content (AvgIpc) is 2.25. The van der Waals surface area contributed by atoms with E-state index in [2.05, 4.69) is 13.5 Å². The molecule has 0 aromatic heterocycles. The second-order valence-electron chi connectivity index (χ2n) is 4.03. The molecule has 1 aliphatic rings. The normalized spacial score (nSPS) is 26.2. The van der Waals surface area contributed by atoms with Crippen molar-refractivity contribution >= 4 is 16.1 Å². The van der Waals surface area contributed by atoms with Gasteiger partial charge in [0, 0.05) is 13.2 Å². The van der Waals surface area contributed by atoms with E-state index in [9.17, 15) is 4.79 Å². The van der Waals surface area contributed by atoms with Crippen molar-refractivity contribution in [3.8, 4) is 0 Å². The Balaban J connectivity index is 2.75. The molecule has 0 saturated carbocycles. The summed E-state index contributed by atoms with van der Waals surface area (Å²) in [5, 5.41) is -0.318. The molecule has 3 nitrogen and oxygen atoms in total. The van der Waals surface area contributed by atoms with E-state index in [-0.39, 0.29) is 11.3 Å². The monoisotopic (exact) mass is 226 g/mol. The van der Waals surface area contributed by atoms with Gasteiger partial charge in [-0.3, -0.25) is 4.79 Å². The Hall–Kier alpha value is -0.613. The van der Waals surface area contributed by atoms with Crippen molar-refractivity contribution in [1.82, 2.24) is 4.90 Å². The summed E-state index contributed by atoms with van der Waals surface area (Å²) >= 11 is 0. The quantitative estimate of drug-likeness (QED) is 0.514. The van der Waals surface area contributed by atoms with Crippen molar-refractivity contribution in [3.63, 3.8) is 0 Å². The molecule has 1 heterocycles. The van der Waals surface area contributed by atoms with Crippen LogP contribution < -0.4 is 0 Å². The van der Waals surface area contributed by atoms with Crippen LogP contribution in [-0.2, 0) is 9.53 Å². The molecule has 1 aliphatic heterocycles. The fraction of sp³-hybridized carbons (Fsp3) is 0.636. The molecule has 1 atom stereocenters. The largest absolute Gasteiger partial charge is 0.360 e. The Morgan fingerprint density at radius 2 is 2.33 bits per heavy atom. The van der Waals surface area contributed by atoms with E-state index in [1.165, 1.54) is 6.08 Å². The highest BCUT2D eigenvalue weighted by molar-refractivity contribution is 6.16. The second kappa shape index (κ2) is 5.46. The molecule has 4 heteroatoms. The van der Waals surface area contributed by atoms with Crippen LogP contribution in [0.25, 0.3) is 0 Å². The topological polar surface area (TPSA) is 29.5 Å². The molecule has 0 N–H and O–H groups in total. The average molecular weight is 226 g/mol. The summed E-state index contributed by atoms with van der Waals surface area (Å²) in [5.74, 6) is -0.0319. The van der Waals surface area contributed by atoms with E-state index >= 15 is 0 Å². The smallest absolute Gasteiger partial charge is 0.247 e. The number of ether oxygens (including phenoxy) is 1. The Kier molecular flexibility index (Phi) is 4.54. The van der Waals surface area contributed by atoms with Gasteiger partial charge in [0.2, 0.25) is 5.91 Å². The number of carbonyl (C=O) groups excluding carboxylic acids is 1. The zero-order valence-corrected chi connectivity index (χ0v) is 11.5. The first-order chi connectivity index (χ1) is 7.14. The third kappa shape index (κ3) is 2.92. The van der Waals surface area contributed by atoms with E-state index in [1.54, 1.807) is 4.90 Å². The maximum atomic E-state index is 11.7. The molecule has 0 aliphatic carbocycles. The highest BCUT2D eigenvalue weighted by atomic mass is 28.1. The summed E-state index contributed by atoms with van der Waals surface area (Å²) in [6.45, 7) is 8.76. The third-order valence-corrected chi connectivity index (χ3v) is 4.17. The minimum Gasteiger partial charge on any atom is -0.360 e. The molecule has 0 bridgehead atoms. The van der Waals surface area contributed by atoms with Gasteiger partial charge >= 0.3 is 0 Å². The van der Waals surface area contributed by atoms with Gasteiger partial charge in [-0.2, -0.15) is 0 Å².